The Kier molecular flexibility index (Phi) is 5.10. The van der Waals surface area contributed by atoms with E-state index < -0.39 is 29.8 Å². The van der Waals surface area contributed by atoms with Gasteiger partial charge in [-0.3, -0.25) is 4.79 Å². The van der Waals surface area contributed by atoms with Crippen LogP contribution in [0.3, 0.4) is 0 Å². The van der Waals surface area contributed by atoms with Crippen LogP contribution in [-0.4, -0.2) is 41.4 Å². The molecular weight excluding hydrogens is 413 g/mol. The molecule has 4 rings (SSSR count). The van der Waals surface area contributed by atoms with Gasteiger partial charge in [-0.25, -0.2) is 28.1 Å². The Morgan fingerprint density at radius 3 is 2.77 bits per heavy atom. The number of methoxy groups -OCH3 is 1. The number of nitrogens with two attached hydrogens (primary N) is 1. The number of alkyl halides is 2. The molecule has 1 aromatic carbocycles. The van der Waals surface area contributed by atoms with Crippen molar-refractivity contribution in [1.29, 1.82) is 0 Å². The molecular formula is C21H21F3N4O3. The molecule has 0 amide bonds. The van der Waals surface area contributed by atoms with E-state index in [9.17, 15) is 13.6 Å². The summed E-state index contributed by atoms with van der Waals surface area (Å²) in [6, 6.07) is 2.34. The van der Waals surface area contributed by atoms with Crippen molar-refractivity contribution in [2.75, 3.05) is 7.11 Å². The number of carbonyl (C=O) groups is 1. The second-order valence-electron chi connectivity index (χ2n) is 7.80. The molecule has 164 valence electrons. The fourth-order valence-corrected chi connectivity index (χ4v) is 4.14. The number of aryl methyl sites for hydroxylation is 2. The Hall–Kier alpha value is -3.17. The molecule has 1 saturated carbocycles. The predicted octanol–water partition coefficient (Wildman–Crippen LogP) is 2.86. The third kappa shape index (κ3) is 3.49. The molecule has 0 radical (unpaired) electrons. The average molecular weight is 434 g/mol. The number of rotatable bonds is 6. The summed E-state index contributed by atoms with van der Waals surface area (Å²) in [7, 11) is 1.43. The minimum absolute atomic E-state index is 0.128. The van der Waals surface area contributed by atoms with Crippen LogP contribution < -0.4 is 10.5 Å². The highest BCUT2D eigenvalue weighted by Crippen LogP contribution is 2.56. The van der Waals surface area contributed by atoms with Crippen molar-refractivity contribution in [3.8, 4) is 5.88 Å². The SMILES string of the molecule is COc1cnc(C(=O)Cc2cc(C)c(F)c([C@@]3(C(F)F)N=C(N)O[C@@H]4C[C@@H]43)c2)c(C)n1. The van der Waals surface area contributed by atoms with Gasteiger partial charge in [-0.1, -0.05) is 6.07 Å². The largest absolute Gasteiger partial charge is 0.480 e. The predicted molar refractivity (Wildman–Crippen MR) is 105 cm³/mol. The van der Waals surface area contributed by atoms with Crippen LogP contribution in [0.2, 0.25) is 0 Å². The fraction of sp³-hybridized carbons (Fsp3) is 0.429. The third-order valence-electron chi connectivity index (χ3n) is 5.71. The maximum absolute atomic E-state index is 15.1. The summed E-state index contributed by atoms with van der Waals surface area (Å²) in [5.74, 6) is -1.59. The average Bonchev–Trinajstić information content (AvgIpc) is 3.49. The zero-order valence-corrected chi connectivity index (χ0v) is 17.2. The van der Waals surface area contributed by atoms with Crippen LogP contribution in [-0.2, 0) is 16.7 Å². The fourth-order valence-electron chi connectivity index (χ4n) is 4.14. The van der Waals surface area contributed by atoms with Crippen molar-refractivity contribution in [2.24, 2.45) is 16.6 Å². The number of aliphatic imine (C=N–C) groups is 1. The molecule has 31 heavy (non-hydrogen) atoms. The number of benzene rings is 1. The van der Waals surface area contributed by atoms with Gasteiger partial charge in [-0.15, -0.1) is 0 Å². The molecule has 0 spiro atoms. The lowest BCUT2D eigenvalue weighted by Gasteiger charge is -2.33. The molecule has 1 aromatic heterocycles. The first-order valence-corrected chi connectivity index (χ1v) is 9.67. The van der Waals surface area contributed by atoms with Crippen molar-refractivity contribution in [1.82, 2.24) is 9.97 Å². The van der Waals surface area contributed by atoms with Crippen LogP contribution in [0.15, 0.2) is 23.3 Å². The van der Waals surface area contributed by atoms with E-state index in [1.165, 1.54) is 32.4 Å². The van der Waals surface area contributed by atoms with Crippen molar-refractivity contribution < 1.29 is 27.4 Å². The number of fused-ring (bicyclic) bond motifs is 1. The smallest absolute Gasteiger partial charge is 0.283 e. The van der Waals surface area contributed by atoms with Gasteiger partial charge in [0, 0.05) is 17.9 Å². The number of nitrogens with zero attached hydrogens (tertiary/aromatic N) is 3. The lowest BCUT2D eigenvalue weighted by atomic mass is 9.82. The van der Waals surface area contributed by atoms with Gasteiger partial charge in [0.05, 0.1) is 19.0 Å². The molecule has 2 aromatic rings. The third-order valence-corrected chi connectivity index (χ3v) is 5.71. The Morgan fingerprint density at radius 2 is 2.13 bits per heavy atom. The number of ketones is 1. The Balaban J connectivity index is 1.74. The first-order chi connectivity index (χ1) is 14.7. The number of halogens is 3. The van der Waals surface area contributed by atoms with Gasteiger partial charge < -0.3 is 15.2 Å². The highest BCUT2D eigenvalue weighted by Gasteiger charge is 2.64. The Morgan fingerprint density at radius 1 is 1.39 bits per heavy atom. The van der Waals surface area contributed by atoms with E-state index >= 15 is 4.39 Å². The van der Waals surface area contributed by atoms with Gasteiger partial charge in [-0.05, 0) is 37.5 Å². The first kappa shape index (κ1) is 21.1. The standard InChI is InChI=1S/C21H21F3N4O3/c1-9-4-11(6-14(29)18-10(2)27-16(30-3)8-26-18)5-13(17(9)22)21(19(23)24)12-7-15(12)31-20(25)28-21/h4-5,8,12,15,19H,6-7H2,1-3H3,(H2,25,28)/t12-,15+,21-/m0/s1. The lowest BCUT2D eigenvalue weighted by Crippen LogP contribution is -2.43. The minimum Gasteiger partial charge on any atom is -0.480 e. The van der Waals surface area contributed by atoms with E-state index in [0.29, 0.717) is 17.7 Å². The molecule has 3 atom stereocenters. The maximum atomic E-state index is 15.1. The topological polar surface area (TPSA) is 99.7 Å². The van der Waals surface area contributed by atoms with Crippen LogP contribution in [0.1, 0.15) is 39.3 Å². The number of hydrogen-bond acceptors (Lipinski definition) is 7. The molecule has 1 fully saturated rings. The molecule has 7 nitrogen and oxygen atoms in total. The molecule has 2 N–H and O–H groups in total. The van der Waals surface area contributed by atoms with Gasteiger partial charge in [0.15, 0.2) is 11.3 Å². The first-order valence-electron chi connectivity index (χ1n) is 9.67. The quantitative estimate of drug-likeness (QED) is 0.702. The zero-order chi connectivity index (χ0) is 22.5. The highest BCUT2D eigenvalue weighted by atomic mass is 19.3. The molecule has 0 unspecified atom stereocenters. The summed E-state index contributed by atoms with van der Waals surface area (Å²) >= 11 is 0. The van der Waals surface area contributed by atoms with Crippen LogP contribution in [0.25, 0.3) is 0 Å². The van der Waals surface area contributed by atoms with Crippen LogP contribution in [0, 0.1) is 25.6 Å². The van der Waals surface area contributed by atoms with Gasteiger partial charge in [0.2, 0.25) is 5.88 Å². The second kappa shape index (κ2) is 7.51. The van der Waals surface area contributed by atoms with Gasteiger partial charge >= 0.3 is 0 Å². The van der Waals surface area contributed by atoms with Crippen molar-refractivity contribution >= 4 is 11.8 Å². The molecule has 1 aliphatic heterocycles. The van der Waals surface area contributed by atoms with E-state index in [4.69, 9.17) is 15.2 Å². The molecule has 10 heteroatoms. The summed E-state index contributed by atoms with van der Waals surface area (Å²) < 4.78 is 54.0. The van der Waals surface area contributed by atoms with E-state index in [1.54, 1.807) is 6.92 Å². The highest BCUT2D eigenvalue weighted by molar-refractivity contribution is 5.96. The second-order valence-corrected chi connectivity index (χ2v) is 7.80. The molecule has 2 aliphatic rings. The van der Waals surface area contributed by atoms with E-state index in [1.807, 2.05) is 0 Å². The van der Waals surface area contributed by atoms with Gasteiger partial charge in [0.25, 0.3) is 12.4 Å². The summed E-state index contributed by atoms with van der Waals surface area (Å²) in [5, 5.41) is 0. The Bertz CT molecular complexity index is 1090. The molecule has 2 heterocycles. The van der Waals surface area contributed by atoms with Crippen molar-refractivity contribution in [2.45, 2.75) is 44.8 Å². The van der Waals surface area contributed by atoms with Gasteiger partial charge in [0.1, 0.15) is 17.6 Å². The number of Topliss-reactive ketones (excluding diaryl/α,β-unsaturated/α-hetero) is 1. The number of amidine groups is 1. The normalized spacial score (nSPS) is 24.3. The van der Waals surface area contributed by atoms with E-state index in [0.717, 1.165) is 0 Å². The van der Waals surface area contributed by atoms with Crippen LogP contribution >= 0.6 is 0 Å². The molecule has 1 aliphatic carbocycles. The van der Waals surface area contributed by atoms with E-state index in [-0.39, 0.29) is 40.9 Å². The Labute approximate surface area is 176 Å². The number of carbonyl (C=O) groups excluding carboxylic acids is 1. The zero-order valence-electron chi connectivity index (χ0n) is 17.2. The van der Waals surface area contributed by atoms with Crippen molar-refractivity contribution in [3.05, 3.63) is 52.2 Å². The maximum Gasteiger partial charge on any atom is 0.283 e. The summed E-state index contributed by atoms with van der Waals surface area (Å²) in [6.45, 7) is 3.07. The minimum atomic E-state index is -3.00. The summed E-state index contributed by atoms with van der Waals surface area (Å²) in [5.41, 5.74) is 4.20. The summed E-state index contributed by atoms with van der Waals surface area (Å²) in [6.07, 6.45) is -2.07. The molecule has 0 bridgehead atoms. The van der Waals surface area contributed by atoms with Crippen LogP contribution in [0.4, 0.5) is 13.2 Å². The van der Waals surface area contributed by atoms with E-state index in [2.05, 4.69) is 15.0 Å². The molecule has 0 saturated heterocycles. The number of aromatic nitrogens is 2. The lowest BCUT2D eigenvalue weighted by molar-refractivity contribution is 0.0175. The van der Waals surface area contributed by atoms with Crippen molar-refractivity contribution in [3.63, 3.8) is 0 Å². The number of hydrogen-bond donors (Lipinski definition) is 1. The number of ether oxygens (including phenoxy) is 2. The summed E-state index contributed by atoms with van der Waals surface area (Å²) in [4.78, 5) is 24.9. The van der Waals surface area contributed by atoms with Crippen LogP contribution in [0.5, 0.6) is 5.88 Å². The monoisotopic (exact) mass is 434 g/mol. The van der Waals surface area contributed by atoms with Gasteiger partial charge in [-0.2, -0.15) is 0 Å².